The van der Waals surface area contributed by atoms with Gasteiger partial charge in [0.1, 0.15) is 0 Å². The smallest absolute Gasteiger partial charge is 0.222 e. The average molecular weight is 158 g/mol. The number of nitrogens with two attached hydrogens (primary N) is 1. The molecule has 0 spiro atoms. The summed E-state index contributed by atoms with van der Waals surface area (Å²) < 4.78 is 0. The maximum absolute atomic E-state index is 11.1. The van der Waals surface area contributed by atoms with E-state index in [0.717, 1.165) is 12.8 Å². The Morgan fingerprint density at radius 2 is 2.27 bits per heavy atom. The van der Waals surface area contributed by atoms with Gasteiger partial charge < -0.3 is 11.1 Å². The molecule has 3 heteroatoms. The van der Waals surface area contributed by atoms with Gasteiger partial charge in [-0.3, -0.25) is 4.79 Å². The van der Waals surface area contributed by atoms with Crippen LogP contribution in [0.15, 0.2) is 0 Å². The summed E-state index contributed by atoms with van der Waals surface area (Å²) in [5.41, 5.74) is 5.32. The highest BCUT2D eigenvalue weighted by atomic mass is 16.1. The van der Waals surface area contributed by atoms with E-state index >= 15 is 0 Å². The second kappa shape index (κ2) is 6.16. The van der Waals surface area contributed by atoms with Gasteiger partial charge in [-0.25, -0.2) is 0 Å². The van der Waals surface area contributed by atoms with Crippen LogP contribution >= 0.6 is 0 Å². The van der Waals surface area contributed by atoms with E-state index in [2.05, 4.69) is 5.32 Å². The number of rotatable bonds is 5. The highest BCUT2D eigenvalue weighted by Crippen LogP contribution is 2.03. The minimum atomic E-state index is 0.110. The molecule has 0 radical (unpaired) electrons. The van der Waals surface area contributed by atoms with Crippen molar-refractivity contribution in [1.29, 1.82) is 0 Å². The zero-order valence-electron chi connectivity index (χ0n) is 7.39. The second-order valence-electron chi connectivity index (χ2n) is 2.73. The first kappa shape index (κ1) is 10.4. The molecule has 0 aliphatic carbocycles. The molecular weight excluding hydrogens is 140 g/mol. The molecule has 0 aliphatic heterocycles. The Morgan fingerprint density at radius 1 is 1.64 bits per heavy atom. The molecule has 3 nitrogen and oxygen atoms in total. The molecule has 66 valence electrons. The Morgan fingerprint density at radius 3 is 2.73 bits per heavy atom. The zero-order chi connectivity index (χ0) is 8.69. The molecule has 1 amide bonds. The first-order chi connectivity index (χ1) is 5.22. The van der Waals surface area contributed by atoms with E-state index in [1.807, 2.05) is 13.8 Å². The van der Waals surface area contributed by atoms with E-state index in [1.165, 1.54) is 0 Å². The molecular formula is C8H18N2O. The van der Waals surface area contributed by atoms with Crippen LogP contribution < -0.4 is 11.1 Å². The maximum atomic E-state index is 11.1. The first-order valence-electron chi connectivity index (χ1n) is 4.20. The van der Waals surface area contributed by atoms with E-state index in [1.54, 1.807) is 0 Å². The highest BCUT2D eigenvalue weighted by Gasteiger charge is 2.09. The van der Waals surface area contributed by atoms with Crippen LogP contribution in [0, 0.1) is 5.92 Å². The number of nitrogens with one attached hydrogen (secondary N) is 1. The number of hydrogen-bond donors (Lipinski definition) is 2. The van der Waals surface area contributed by atoms with Crippen LogP contribution in [0.25, 0.3) is 0 Å². The molecule has 0 bridgehead atoms. The van der Waals surface area contributed by atoms with E-state index in [-0.39, 0.29) is 11.8 Å². The van der Waals surface area contributed by atoms with E-state index in [4.69, 9.17) is 5.73 Å². The zero-order valence-corrected chi connectivity index (χ0v) is 7.39. The molecule has 0 heterocycles. The fourth-order valence-electron chi connectivity index (χ4n) is 0.904. The lowest BCUT2D eigenvalue weighted by molar-refractivity contribution is -0.124. The van der Waals surface area contributed by atoms with Crippen molar-refractivity contribution in [3.8, 4) is 0 Å². The molecule has 0 aromatic carbocycles. The van der Waals surface area contributed by atoms with E-state index < -0.39 is 0 Å². The average Bonchev–Trinajstić information content (AvgIpc) is 2.00. The Balaban J connectivity index is 3.46. The van der Waals surface area contributed by atoms with Crippen molar-refractivity contribution in [2.45, 2.75) is 26.7 Å². The third kappa shape index (κ3) is 4.79. The van der Waals surface area contributed by atoms with Crippen LogP contribution in [0.4, 0.5) is 0 Å². The summed E-state index contributed by atoms with van der Waals surface area (Å²) in [5, 5.41) is 2.77. The third-order valence-corrected chi connectivity index (χ3v) is 1.64. The van der Waals surface area contributed by atoms with Gasteiger partial charge in [0.05, 0.1) is 0 Å². The van der Waals surface area contributed by atoms with Crippen molar-refractivity contribution in [2.75, 3.05) is 13.1 Å². The lowest BCUT2D eigenvalue weighted by Crippen LogP contribution is -2.29. The van der Waals surface area contributed by atoms with Gasteiger partial charge in [0, 0.05) is 12.5 Å². The van der Waals surface area contributed by atoms with Crippen molar-refractivity contribution in [2.24, 2.45) is 11.7 Å². The third-order valence-electron chi connectivity index (χ3n) is 1.64. The molecule has 0 aromatic rings. The Labute approximate surface area is 68.3 Å². The topological polar surface area (TPSA) is 55.1 Å². The Kier molecular flexibility index (Phi) is 5.84. The Hall–Kier alpha value is -0.570. The van der Waals surface area contributed by atoms with Crippen LogP contribution in [0.3, 0.4) is 0 Å². The number of amides is 1. The molecule has 1 atom stereocenters. The quantitative estimate of drug-likeness (QED) is 0.612. The lowest BCUT2D eigenvalue weighted by Gasteiger charge is -2.09. The normalized spacial score (nSPS) is 12.6. The molecule has 0 aliphatic rings. The summed E-state index contributed by atoms with van der Waals surface area (Å²) in [7, 11) is 0. The first-order valence-corrected chi connectivity index (χ1v) is 4.20. The van der Waals surface area contributed by atoms with Crippen molar-refractivity contribution >= 4 is 5.91 Å². The highest BCUT2D eigenvalue weighted by molar-refractivity contribution is 5.78. The van der Waals surface area contributed by atoms with Gasteiger partial charge in [-0.1, -0.05) is 6.92 Å². The number of carbonyl (C=O) groups is 1. The summed E-state index contributed by atoms with van der Waals surface area (Å²) in [6, 6.07) is 0. The second-order valence-corrected chi connectivity index (χ2v) is 2.73. The minimum Gasteiger partial charge on any atom is -0.356 e. The van der Waals surface area contributed by atoms with Crippen LogP contribution in [0.1, 0.15) is 26.7 Å². The molecule has 0 fully saturated rings. The fourth-order valence-corrected chi connectivity index (χ4v) is 0.904. The minimum absolute atomic E-state index is 0.110. The largest absolute Gasteiger partial charge is 0.356 e. The number of hydrogen-bond acceptors (Lipinski definition) is 2. The van der Waals surface area contributed by atoms with Crippen molar-refractivity contribution in [1.82, 2.24) is 5.32 Å². The van der Waals surface area contributed by atoms with Gasteiger partial charge >= 0.3 is 0 Å². The van der Waals surface area contributed by atoms with Crippen LogP contribution in [-0.2, 0) is 4.79 Å². The maximum Gasteiger partial charge on any atom is 0.222 e. The Bertz CT molecular complexity index is 115. The van der Waals surface area contributed by atoms with Gasteiger partial charge in [-0.2, -0.15) is 0 Å². The monoisotopic (exact) mass is 158 g/mol. The van der Waals surface area contributed by atoms with Gasteiger partial charge in [-0.15, -0.1) is 0 Å². The standard InChI is InChI=1S/C8H18N2O/c1-3-10-8(11)7(2)5-4-6-9/h7H,3-6,9H2,1-2H3,(H,10,11). The van der Waals surface area contributed by atoms with Crippen LogP contribution in [0.2, 0.25) is 0 Å². The summed E-state index contributed by atoms with van der Waals surface area (Å²) in [5.74, 6) is 0.249. The summed E-state index contributed by atoms with van der Waals surface area (Å²) in [6.45, 7) is 5.24. The van der Waals surface area contributed by atoms with Crippen molar-refractivity contribution < 1.29 is 4.79 Å². The molecule has 0 aromatic heterocycles. The predicted molar refractivity (Wildman–Crippen MR) is 46.1 cm³/mol. The molecule has 0 saturated carbocycles. The number of carbonyl (C=O) groups excluding carboxylic acids is 1. The van der Waals surface area contributed by atoms with Gasteiger partial charge in [0.25, 0.3) is 0 Å². The van der Waals surface area contributed by atoms with Crippen molar-refractivity contribution in [3.63, 3.8) is 0 Å². The molecule has 11 heavy (non-hydrogen) atoms. The van der Waals surface area contributed by atoms with E-state index in [9.17, 15) is 4.79 Å². The predicted octanol–water partition coefficient (Wildman–Crippen LogP) is 0.497. The van der Waals surface area contributed by atoms with Crippen molar-refractivity contribution in [3.05, 3.63) is 0 Å². The summed E-state index contributed by atoms with van der Waals surface area (Å²) >= 11 is 0. The van der Waals surface area contributed by atoms with Gasteiger partial charge in [-0.05, 0) is 26.3 Å². The van der Waals surface area contributed by atoms with Crippen LogP contribution in [-0.4, -0.2) is 19.0 Å². The molecule has 0 rings (SSSR count). The fraction of sp³-hybridized carbons (Fsp3) is 0.875. The summed E-state index contributed by atoms with van der Waals surface area (Å²) in [6.07, 6.45) is 1.82. The van der Waals surface area contributed by atoms with Gasteiger partial charge in [0.15, 0.2) is 0 Å². The van der Waals surface area contributed by atoms with E-state index in [0.29, 0.717) is 13.1 Å². The molecule has 3 N–H and O–H groups in total. The SMILES string of the molecule is CCNC(=O)C(C)CCCN. The van der Waals surface area contributed by atoms with Gasteiger partial charge in [0.2, 0.25) is 5.91 Å². The summed E-state index contributed by atoms with van der Waals surface area (Å²) in [4.78, 5) is 11.1. The van der Waals surface area contributed by atoms with Crippen LogP contribution in [0.5, 0.6) is 0 Å². The molecule has 1 unspecified atom stereocenters. The molecule has 0 saturated heterocycles. The lowest BCUT2D eigenvalue weighted by atomic mass is 10.1.